The van der Waals surface area contributed by atoms with Crippen molar-refractivity contribution in [2.75, 3.05) is 13.7 Å². The lowest BCUT2D eigenvalue weighted by Crippen LogP contribution is -2.51. The van der Waals surface area contributed by atoms with Crippen LogP contribution in [0.15, 0.2) is 41.2 Å². The number of rotatable bonds is 5. The van der Waals surface area contributed by atoms with Crippen LogP contribution in [0, 0.1) is 11.8 Å². The summed E-state index contributed by atoms with van der Waals surface area (Å²) in [5.41, 5.74) is 2.27. The van der Waals surface area contributed by atoms with Gasteiger partial charge in [0.2, 0.25) is 5.91 Å². The third-order valence-corrected chi connectivity index (χ3v) is 7.01. The molecule has 1 aromatic carbocycles. The molecule has 7 nitrogen and oxygen atoms in total. The second-order valence-corrected chi connectivity index (χ2v) is 8.59. The van der Waals surface area contributed by atoms with E-state index in [-0.39, 0.29) is 42.0 Å². The van der Waals surface area contributed by atoms with Crippen molar-refractivity contribution in [3.8, 4) is 16.9 Å². The molecule has 0 unspecified atom stereocenters. The number of fused-ring (bicyclic) bond motifs is 3. The van der Waals surface area contributed by atoms with E-state index in [1.54, 1.807) is 11.7 Å². The van der Waals surface area contributed by atoms with Crippen LogP contribution >= 0.6 is 0 Å². The van der Waals surface area contributed by atoms with E-state index in [1.165, 1.54) is 0 Å². The van der Waals surface area contributed by atoms with E-state index >= 15 is 0 Å². The van der Waals surface area contributed by atoms with Crippen LogP contribution in [0.1, 0.15) is 31.0 Å². The van der Waals surface area contributed by atoms with Crippen LogP contribution in [-0.2, 0) is 11.3 Å². The van der Waals surface area contributed by atoms with Gasteiger partial charge in [-0.15, -0.1) is 0 Å². The Morgan fingerprint density at radius 3 is 2.83 bits per heavy atom. The van der Waals surface area contributed by atoms with Gasteiger partial charge in [-0.05, 0) is 49.1 Å². The monoisotopic (exact) mass is 409 g/mol. The average molecular weight is 409 g/mol. The molecule has 0 radical (unpaired) electrons. The van der Waals surface area contributed by atoms with Crippen LogP contribution < -0.4 is 20.9 Å². The van der Waals surface area contributed by atoms with Crippen molar-refractivity contribution in [1.29, 1.82) is 0 Å². The fourth-order valence-electron chi connectivity index (χ4n) is 5.11. The minimum absolute atomic E-state index is 0.0143. The third-order valence-electron chi connectivity index (χ3n) is 7.01. The summed E-state index contributed by atoms with van der Waals surface area (Å²) < 4.78 is 7.08. The van der Waals surface area contributed by atoms with Crippen LogP contribution in [0.5, 0.6) is 5.75 Å². The summed E-state index contributed by atoms with van der Waals surface area (Å²) in [4.78, 5) is 26.0. The van der Waals surface area contributed by atoms with Gasteiger partial charge in [0.05, 0.1) is 19.2 Å². The minimum Gasteiger partial charge on any atom is -0.497 e. The molecule has 3 N–H and O–H groups in total. The van der Waals surface area contributed by atoms with E-state index in [2.05, 4.69) is 10.6 Å². The first-order valence-corrected chi connectivity index (χ1v) is 10.7. The Hall–Kier alpha value is -2.64. The zero-order valence-corrected chi connectivity index (χ0v) is 17.0. The quantitative estimate of drug-likeness (QED) is 0.695. The summed E-state index contributed by atoms with van der Waals surface area (Å²) in [7, 11) is 1.61. The lowest BCUT2D eigenvalue weighted by Gasteiger charge is -2.29. The van der Waals surface area contributed by atoms with Gasteiger partial charge >= 0.3 is 0 Å². The fourth-order valence-corrected chi connectivity index (χ4v) is 5.11. The highest BCUT2D eigenvalue weighted by molar-refractivity contribution is 5.83. The highest BCUT2D eigenvalue weighted by Crippen LogP contribution is 2.43. The topological polar surface area (TPSA) is 92.6 Å². The standard InChI is InChI=1S/C23H27N3O4/c1-30-15-7-2-4-13(10-15)16-8-9-19-20-17(11-26(19)23(16)29)18(12-27)21(25-20)22(28)24-14-5-3-6-14/h2,4,7-10,14,17-18,20-21,25,27H,3,5-6,11-12H2,1H3,(H,24,28)/t17-,18-,20+,21-/m0/s1. The molecule has 0 spiro atoms. The first kappa shape index (κ1) is 19.3. The van der Waals surface area contributed by atoms with Gasteiger partial charge in [0.1, 0.15) is 5.75 Å². The first-order valence-electron chi connectivity index (χ1n) is 10.7. The first-order chi connectivity index (χ1) is 14.6. The molecule has 2 aromatic rings. The maximum Gasteiger partial charge on any atom is 0.258 e. The number of aromatic nitrogens is 1. The van der Waals surface area contributed by atoms with Crippen molar-refractivity contribution in [3.05, 3.63) is 52.4 Å². The number of benzene rings is 1. The van der Waals surface area contributed by atoms with Crippen LogP contribution in [0.2, 0.25) is 0 Å². The predicted molar refractivity (Wildman–Crippen MR) is 112 cm³/mol. The molecule has 1 saturated heterocycles. The molecule has 1 aromatic heterocycles. The molecule has 3 heterocycles. The van der Waals surface area contributed by atoms with Gasteiger partial charge in [-0.2, -0.15) is 0 Å². The summed E-state index contributed by atoms with van der Waals surface area (Å²) in [6.45, 7) is 0.421. The van der Waals surface area contributed by atoms with Gasteiger partial charge < -0.3 is 19.7 Å². The SMILES string of the molecule is COc1cccc(-c2ccc3n(c2=O)C[C@H]2[C@H](CO)[C@@H](C(=O)NC4CCC4)N[C@@H]32)c1. The molecule has 0 bridgehead atoms. The van der Waals surface area contributed by atoms with Crippen molar-refractivity contribution >= 4 is 5.91 Å². The molecule has 2 aliphatic heterocycles. The van der Waals surface area contributed by atoms with Crippen LogP contribution in [0.4, 0.5) is 0 Å². The van der Waals surface area contributed by atoms with Crippen molar-refractivity contribution < 1.29 is 14.6 Å². The smallest absolute Gasteiger partial charge is 0.258 e. The van der Waals surface area contributed by atoms with E-state index in [0.29, 0.717) is 17.9 Å². The number of hydrogen-bond acceptors (Lipinski definition) is 5. The number of carbonyl (C=O) groups excluding carboxylic acids is 1. The maximum absolute atomic E-state index is 13.2. The molecule has 2 fully saturated rings. The zero-order chi connectivity index (χ0) is 20.8. The molecule has 1 saturated carbocycles. The Kier molecular flexibility index (Phi) is 4.87. The third kappa shape index (κ3) is 3.04. The van der Waals surface area contributed by atoms with E-state index in [1.807, 2.05) is 36.4 Å². The Labute approximate surface area is 175 Å². The zero-order valence-electron chi connectivity index (χ0n) is 17.0. The second kappa shape index (κ2) is 7.56. The van der Waals surface area contributed by atoms with Crippen LogP contribution in [0.25, 0.3) is 11.1 Å². The summed E-state index contributed by atoms with van der Waals surface area (Å²) in [6, 6.07) is 11.0. The number of nitrogens with zero attached hydrogens (tertiary/aromatic N) is 1. The van der Waals surface area contributed by atoms with Gasteiger partial charge in [-0.25, -0.2) is 0 Å². The van der Waals surface area contributed by atoms with E-state index in [4.69, 9.17) is 4.74 Å². The normalized spacial score (nSPS) is 27.3. The number of pyridine rings is 1. The van der Waals surface area contributed by atoms with Crippen LogP contribution in [0.3, 0.4) is 0 Å². The molecule has 5 rings (SSSR count). The summed E-state index contributed by atoms with van der Waals surface area (Å²) >= 11 is 0. The minimum atomic E-state index is -0.424. The molecule has 7 heteroatoms. The number of ether oxygens (including phenoxy) is 1. The molecule has 1 amide bonds. The largest absolute Gasteiger partial charge is 0.497 e. The van der Waals surface area contributed by atoms with Crippen molar-refractivity contribution in [3.63, 3.8) is 0 Å². The molecule has 4 atom stereocenters. The number of aliphatic hydroxyl groups excluding tert-OH is 1. The number of methoxy groups -OCH3 is 1. The highest BCUT2D eigenvalue weighted by Gasteiger charge is 2.50. The molecule has 158 valence electrons. The van der Waals surface area contributed by atoms with Gasteiger partial charge in [0, 0.05) is 42.3 Å². The summed E-state index contributed by atoms with van der Waals surface area (Å²) in [5, 5.41) is 16.6. The van der Waals surface area contributed by atoms with Crippen molar-refractivity contribution in [2.45, 2.75) is 43.9 Å². The van der Waals surface area contributed by atoms with E-state index in [9.17, 15) is 14.7 Å². The van der Waals surface area contributed by atoms with Crippen molar-refractivity contribution in [2.24, 2.45) is 11.8 Å². The number of amides is 1. The van der Waals surface area contributed by atoms with E-state index in [0.717, 1.165) is 30.5 Å². The number of carbonyl (C=O) groups is 1. The summed E-state index contributed by atoms with van der Waals surface area (Å²) in [6.07, 6.45) is 3.21. The average Bonchev–Trinajstić information content (AvgIpc) is 3.27. The van der Waals surface area contributed by atoms with Crippen molar-refractivity contribution in [1.82, 2.24) is 15.2 Å². The predicted octanol–water partition coefficient (Wildman–Crippen LogP) is 1.44. The van der Waals surface area contributed by atoms with Gasteiger partial charge in [0.25, 0.3) is 5.56 Å². The lowest BCUT2D eigenvalue weighted by molar-refractivity contribution is -0.125. The van der Waals surface area contributed by atoms with Gasteiger partial charge in [-0.1, -0.05) is 12.1 Å². The van der Waals surface area contributed by atoms with E-state index < -0.39 is 6.04 Å². The number of aliphatic hydroxyl groups is 1. The highest BCUT2D eigenvalue weighted by atomic mass is 16.5. The fraction of sp³-hybridized carbons (Fsp3) is 0.478. The number of nitrogens with one attached hydrogen (secondary N) is 2. The van der Waals surface area contributed by atoms with Gasteiger partial charge in [0.15, 0.2) is 0 Å². The molecular formula is C23H27N3O4. The Morgan fingerprint density at radius 2 is 2.13 bits per heavy atom. The molecule has 1 aliphatic carbocycles. The Balaban J connectivity index is 1.43. The number of hydrogen-bond donors (Lipinski definition) is 3. The molecule has 3 aliphatic rings. The molecule has 30 heavy (non-hydrogen) atoms. The molecular weight excluding hydrogens is 382 g/mol. The lowest BCUT2D eigenvalue weighted by atomic mass is 9.87. The Bertz CT molecular complexity index is 1030. The van der Waals surface area contributed by atoms with Gasteiger partial charge in [-0.3, -0.25) is 14.9 Å². The summed E-state index contributed by atoms with van der Waals surface area (Å²) in [5.74, 6) is 0.474. The Morgan fingerprint density at radius 1 is 1.30 bits per heavy atom. The van der Waals surface area contributed by atoms with Crippen LogP contribution in [-0.4, -0.2) is 41.4 Å². The second-order valence-electron chi connectivity index (χ2n) is 8.59. The maximum atomic E-state index is 13.2.